The predicted octanol–water partition coefficient (Wildman–Crippen LogP) is 4.92. The molecule has 8 heteroatoms. The van der Waals surface area contributed by atoms with Crippen molar-refractivity contribution in [3.05, 3.63) is 63.6 Å². The second-order valence-electron chi connectivity index (χ2n) is 7.78. The fourth-order valence-corrected chi connectivity index (χ4v) is 5.77. The molecular weight excluding hydrogens is 443 g/mol. The van der Waals surface area contributed by atoms with E-state index in [2.05, 4.69) is 0 Å². The SMILES string of the molecule is Cc1ccc(S(=O)(=O)N2CCC(C(=O)N(C)C(C)c3ccc(Cl)cc3Cl)CC2)cc1. The van der Waals surface area contributed by atoms with Crippen molar-refractivity contribution in [2.45, 2.75) is 37.6 Å². The van der Waals surface area contributed by atoms with Gasteiger partial charge in [-0.25, -0.2) is 8.42 Å². The molecule has 30 heavy (non-hydrogen) atoms. The van der Waals surface area contributed by atoms with Gasteiger partial charge in [-0.2, -0.15) is 4.31 Å². The van der Waals surface area contributed by atoms with Crippen molar-refractivity contribution in [1.82, 2.24) is 9.21 Å². The van der Waals surface area contributed by atoms with Gasteiger partial charge in [0.05, 0.1) is 10.9 Å². The predicted molar refractivity (Wildman–Crippen MR) is 120 cm³/mol. The molecule has 1 atom stereocenters. The molecule has 1 fully saturated rings. The highest BCUT2D eigenvalue weighted by atomic mass is 35.5. The molecule has 0 aromatic heterocycles. The minimum atomic E-state index is -3.54. The Morgan fingerprint density at radius 1 is 1.10 bits per heavy atom. The van der Waals surface area contributed by atoms with Gasteiger partial charge in [0.2, 0.25) is 15.9 Å². The Kier molecular flexibility index (Phi) is 7.13. The van der Waals surface area contributed by atoms with Gasteiger partial charge in [-0.15, -0.1) is 0 Å². The van der Waals surface area contributed by atoms with E-state index in [0.717, 1.165) is 11.1 Å². The third-order valence-electron chi connectivity index (χ3n) is 5.80. The number of aryl methyl sites for hydroxylation is 1. The number of carbonyl (C=O) groups is 1. The molecule has 1 aliphatic heterocycles. The highest BCUT2D eigenvalue weighted by Crippen LogP contribution is 2.31. The van der Waals surface area contributed by atoms with Crippen molar-refractivity contribution in [2.24, 2.45) is 5.92 Å². The number of hydrogen-bond donors (Lipinski definition) is 0. The number of sulfonamides is 1. The van der Waals surface area contributed by atoms with E-state index in [0.29, 0.717) is 40.9 Å². The van der Waals surface area contributed by atoms with Crippen molar-refractivity contribution in [3.8, 4) is 0 Å². The van der Waals surface area contributed by atoms with Gasteiger partial charge >= 0.3 is 0 Å². The van der Waals surface area contributed by atoms with E-state index < -0.39 is 10.0 Å². The minimum absolute atomic E-state index is 0.000834. The molecule has 1 aliphatic rings. The fourth-order valence-electron chi connectivity index (χ4n) is 3.73. The van der Waals surface area contributed by atoms with Crippen molar-refractivity contribution in [1.29, 1.82) is 0 Å². The van der Waals surface area contributed by atoms with E-state index in [1.165, 1.54) is 4.31 Å². The van der Waals surface area contributed by atoms with Crippen LogP contribution in [0, 0.1) is 12.8 Å². The molecule has 1 unspecified atom stereocenters. The van der Waals surface area contributed by atoms with Crippen LogP contribution < -0.4 is 0 Å². The van der Waals surface area contributed by atoms with E-state index in [9.17, 15) is 13.2 Å². The third-order valence-corrected chi connectivity index (χ3v) is 8.28. The molecule has 5 nitrogen and oxygen atoms in total. The van der Waals surface area contributed by atoms with Crippen LogP contribution >= 0.6 is 23.2 Å². The van der Waals surface area contributed by atoms with Gasteiger partial charge in [0.15, 0.2) is 0 Å². The zero-order valence-electron chi connectivity index (χ0n) is 17.3. The summed E-state index contributed by atoms with van der Waals surface area (Å²) < 4.78 is 27.2. The first-order chi connectivity index (χ1) is 14.1. The number of benzene rings is 2. The lowest BCUT2D eigenvalue weighted by Crippen LogP contribution is -2.44. The highest BCUT2D eigenvalue weighted by molar-refractivity contribution is 7.89. The smallest absolute Gasteiger partial charge is 0.243 e. The molecule has 1 heterocycles. The molecule has 3 rings (SSSR count). The van der Waals surface area contributed by atoms with Gasteiger partial charge in [-0.1, -0.05) is 47.0 Å². The molecule has 1 amide bonds. The zero-order valence-corrected chi connectivity index (χ0v) is 19.6. The van der Waals surface area contributed by atoms with Gasteiger partial charge in [-0.05, 0) is 56.5 Å². The molecule has 162 valence electrons. The summed E-state index contributed by atoms with van der Waals surface area (Å²) in [4.78, 5) is 15.0. The summed E-state index contributed by atoms with van der Waals surface area (Å²) >= 11 is 12.3. The van der Waals surface area contributed by atoms with E-state index in [1.54, 1.807) is 48.3 Å². The number of rotatable bonds is 5. The Balaban J connectivity index is 1.65. The molecule has 2 aromatic carbocycles. The maximum atomic E-state index is 13.0. The quantitative estimate of drug-likeness (QED) is 0.625. The first-order valence-corrected chi connectivity index (χ1v) is 12.1. The third kappa shape index (κ3) is 4.83. The largest absolute Gasteiger partial charge is 0.339 e. The minimum Gasteiger partial charge on any atom is -0.339 e. The summed E-state index contributed by atoms with van der Waals surface area (Å²) in [7, 11) is -1.78. The summed E-state index contributed by atoms with van der Waals surface area (Å²) in [5.41, 5.74) is 1.84. The second kappa shape index (κ2) is 9.27. The van der Waals surface area contributed by atoms with Crippen LogP contribution in [-0.4, -0.2) is 43.7 Å². The summed E-state index contributed by atoms with van der Waals surface area (Å²) in [5.74, 6) is -0.214. The number of carbonyl (C=O) groups excluding carboxylic acids is 1. The average molecular weight is 469 g/mol. The number of nitrogens with zero attached hydrogens (tertiary/aromatic N) is 2. The van der Waals surface area contributed by atoms with Crippen LogP contribution in [0.2, 0.25) is 10.0 Å². The molecule has 0 spiro atoms. The Bertz CT molecular complexity index is 1020. The highest BCUT2D eigenvalue weighted by Gasteiger charge is 2.34. The molecule has 0 aliphatic carbocycles. The summed E-state index contributed by atoms with van der Waals surface area (Å²) in [6.07, 6.45) is 0.991. The van der Waals surface area contributed by atoms with Crippen molar-refractivity contribution < 1.29 is 13.2 Å². The molecule has 0 radical (unpaired) electrons. The average Bonchev–Trinajstić information content (AvgIpc) is 2.72. The van der Waals surface area contributed by atoms with Crippen LogP contribution in [0.4, 0.5) is 0 Å². The van der Waals surface area contributed by atoms with Crippen LogP contribution in [0.5, 0.6) is 0 Å². The monoisotopic (exact) mass is 468 g/mol. The van der Waals surface area contributed by atoms with Crippen LogP contribution in [-0.2, 0) is 14.8 Å². The Morgan fingerprint density at radius 3 is 2.27 bits per heavy atom. The summed E-state index contributed by atoms with van der Waals surface area (Å²) in [6, 6.07) is 11.9. The number of piperidine rings is 1. The molecule has 0 saturated carbocycles. The Morgan fingerprint density at radius 2 is 1.70 bits per heavy atom. The molecule has 0 N–H and O–H groups in total. The Hall–Kier alpha value is -1.60. The number of hydrogen-bond acceptors (Lipinski definition) is 3. The number of halogens is 2. The first kappa shape index (κ1) is 23.1. The Labute approximate surface area is 188 Å². The maximum absolute atomic E-state index is 13.0. The summed E-state index contributed by atoms with van der Waals surface area (Å²) in [6.45, 7) is 4.50. The van der Waals surface area contributed by atoms with Crippen molar-refractivity contribution in [3.63, 3.8) is 0 Å². The standard InChI is InChI=1S/C22H26Cl2N2O3S/c1-15-4-7-19(8-5-15)30(28,29)26-12-10-17(11-13-26)22(27)25(3)16(2)20-9-6-18(23)14-21(20)24/h4-9,14,16-17H,10-13H2,1-3H3. The second-order valence-corrected chi connectivity index (χ2v) is 10.6. The van der Waals surface area contributed by atoms with Crippen molar-refractivity contribution in [2.75, 3.05) is 20.1 Å². The number of amides is 1. The normalized spacial score (nSPS) is 17.0. The van der Waals surface area contributed by atoms with Gasteiger partial charge in [-0.3, -0.25) is 4.79 Å². The molecular formula is C22H26Cl2N2O3S. The van der Waals surface area contributed by atoms with Gasteiger partial charge in [0.25, 0.3) is 0 Å². The first-order valence-electron chi connectivity index (χ1n) is 9.89. The maximum Gasteiger partial charge on any atom is 0.243 e. The van der Waals surface area contributed by atoms with E-state index in [1.807, 2.05) is 19.9 Å². The van der Waals surface area contributed by atoms with Gasteiger partial charge < -0.3 is 4.90 Å². The van der Waals surface area contributed by atoms with E-state index in [-0.39, 0.29) is 17.9 Å². The lowest BCUT2D eigenvalue weighted by atomic mass is 9.95. The van der Waals surface area contributed by atoms with Crippen LogP contribution in [0.25, 0.3) is 0 Å². The van der Waals surface area contributed by atoms with Gasteiger partial charge in [0.1, 0.15) is 0 Å². The molecule has 2 aromatic rings. The molecule has 1 saturated heterocycles. The van der Waals surface area contributed by atoms with E-state index >= 15 is 0 Å². The lowest BCUT2D eigenvalue weighted by Gasteiger charge is -2.34. The lowest BCUT2D eigenvalue weighted by molar-refractivity contribution is -0.137. The zero-order chi connectivity index (χ0) is 22.1. The van der Waals surface area contributed by atoms with Crippen LogP contribution in [0.1, 0.15) is 36.9 Å². The van der Waals surface area contributed by atoms with Crippen molar-refractivity contribution >= 4 is 39.1 Å². The van der Waals surface area contributed by atoms with Crippen LogP contribution in [0.3, 0.4) is 0 Å². The topological polar surface area (TPSA) is 57.7 Å². The summed E-state index contributed by atoms with van der Waals surface area (Å²) in [5, 5.41) is 1.07. The van der Waals surface area contributed by atoms with Gasteiger partial charge in [0, 0.05) is 36.1 Å². The van der Waals surface area contributed by atoms with E-state index in [4.69, 9.17) is 23.2 Å². The molecule has 0 bridgehead atoms. The van der Waals surface area contributed by atoms with Crippen LogP contribution in [0.15, 0.2) is 47.4 Å². The fraction of sp³-hybridized carbons (Fsp3) is 0.409.